The lowest BCUT2D eigenvalue weighted by Crippen LogP contribution is -2.64. The van der Waals surface area contributed by atoms with Gasteiger partial charge in [0.2, 0.25) is 0 Å². The van der Waals surface area contributed by atoms with E-state index in [0.29, 0.717) is 0 Å². The highest BCUT2D eigenvalue weighted by Gasteiger charge is 2.61. The molecule has 9 atom stereocenters. The predicted molar refractivity (Wildman–Crippen MR) is 82.7 cm³/mol. The van der Waals surface area contributed by atoms with Crippen LogP contribution in [0.2, 0.25) is 0 Å². The number of esters is 1. The zero-order chi connectivity index (χ0) is 19.2. The first-order valence-corrected chi connectivity index (χ1v) is 8.44. The van der Waals surface area contributed by atoms with Gasteiger partial charge >= 0.3 is 5.97 Å². The van der Waals surface area contributed by atoms with Crippen molar-refractivity contribution >= 4 is 5.97 Å². The smallest absolute Gasteiger partial charge is 0.303 e. The normalized spacial score (nSPS) is 47.6. The fourth-order valence-corrected chi connectivity index (χ4v) is 3.69. The molecule has 0 radical (unpaired) electrons. The summed E-state index contributed by atoms with van der Waals surface area (Å²) in [5.74, 6) is -1.46. The first-order chi connectivity index (χ1) is 12.2. The van der Waals surface area contributed by atoms with Crippen molar-refractivity contribution in [2.24, 2.45) is 0 Å². The molecule has 3 aliphatic heterocycles. The maximum Gasteiger partial charge on any atom is 0.303 e. The van der Waals surface area contributed by atoms with E-state index in [0.717, 1.165) is 0 Å². The third-order valence-electron chi connectivity index (χ3n) is 4.74. The van der Waals surface area contributed by atoms with Gasteiger partial charge in [-0.1, -0.05) is 0 Å². The molecule has 10 heteroatoms. The van der Waals surface area contributed by atoms with E-state index in [1.807, 2.05) is 0 Å². The monoisotopic (exact) mass is 378 g/mol. The lowest BCUT2D eigenvalue weighted by atomic mass is 9.92. The van der Waals surface area contributed by atoms with E-state index in [4.69, 9.17) is 33.2 Å². The summed E-state index contributed by atoms with van der Waals surface area (Å²) in [5, 5.41) is 20.5. The molecule has 0 spiro atoms. The molecule has 3 saturated heterocycles. The molecule has 0 unspecified atom stereocenters. The standard InChI is InChI=1S/C16H26O10/c1-6(17)22-9-7(18)8(19)14(21-5)23-11(9)12-10(20-4)13-15(24-12)26-16(2,3)25-13/h7-15,18-19H,1-5H3/t7-,8+,9+,10-,11+,12-,13+,14-,15+/m0/s1. The van der Waals surface area contributed by atoms with Gasteiger partial charge in [-0.3, -0.25) is 4.79 Å². The van der Waals surface area contributed by atoms with Gasteiger partial charge in [-0.25, -0.2) is 0 Å². The number of hydrogen-bond donors (Lipinski definition) is 2. The molecule has 0 bridgehead atoms. The number of methoxy groups -OCH3 is 2. The van der Waals surface area contributed by atoms with Crippen LogP contribution in [-0.2, 0) is 38.0 Å². The quantitative estimate of drug-likeness (QED) is 0.583. The fourth-order valence-electron chi connectivity index (χ4n) is 3.69. The average molecular weight is 378 g/mol. The summed E-state index contributed by atoms with van der Waals surface area (Å²) in [4.78, 5) is 11.5. The molecule has 0 saturated carbocycles. The van der Waals surface area contributed by atoms with E-state index >= 15 is 0 Å². The Kier molecular flexibility index (Phi) is 5.58. The van der Waals surface area contributed by atoms with Crippen LogP contribution in [0.1, 0.15) is 20.8 Å². The van der Waals surface area contributed by atoms with Crippen molar-refractivity contribution < 1.29 is 48.2 Å². The van der Waals surface area contributed by atoms with Gasteiger partial charge in [0.25, 0.3) is 0 Å². The van der Waals surface area contributed by atoms with Gasteiger partial charge in [0, 0.05) is 21.1 Å². The number of fused-ring (bicyclic) bond motifs is 1. The predicted octanol–water partition coefficient (Wildman–Crippen LogP) is -1.10. The lowest BCUT2D eigenvalue weighted by molar-refractivity contribution is -0.320. The Morgan fingerprint density at radius 1 is 0.923 bits per heavy atom. The molecule has 3 rings (SSSR count). The molecule has 10 nitrogen and oxygen atoms in total. The van der Waals surface area contributed by atoms with Crippen molar-refractivity contribution in [3.05, 3.63) is 0 Å². The van der Waals surface area contributed by atoms with E-state index in [9.17, 15) is 15.0 Å². The number of ether oxygens (including phenoxy) is 7. The zero-order valence-electron chi connectivity index (χ0n) is 15.4. The maximum absolute atomic E-state index is 11.5. The van der Waals surface area contributed by atoms with Crippen molar-refractivity contribution in [3.8, 4) is 0 Å². The number of aliphatic hydroxyl groups is 2. The van der Waals surface area contributed by atoms with Crippen LogP contribution < -0.4 is 0 Å². The molecule has 3 aliphatic rings. The van der Waals surface area contributed by atoms with E-state index < -0.39 is 67.1 Å². The summed E-state index contributed by atoms with van der Waals surface area (Å²) >= 11 is 0. The first-order valence-electron chi connectivity index (χ1n) is 8.44. The van der Waals surface area contributed by atoms with Crippen LogP contribution in [0.4, 0.5) is 0 Å². The number of carbonyl (C=O) groups excluding carboxylic acids is 1. The molecular weight excluding hydrogens is 352 g/mol. The van der Waals surface area contributed by atoms with Crippen molar-refractivity contribution in [1.29, 1.82) is 0 Å². The molecule has 0 aromatic rings. The van der Waals surface area contributed by atoms with Gasteiger partial charge in [0.05, 0.1) is 0 Å². The molecular formula is C16H26O10. The topological polar surface area (TPSA) is 122 Å². The Hall–Kier alpha value is -0.850. The molecule has 0 aromatic carbocycles. The minimum atomic E-state index is -1.43. The first kappa shape index (κ1) is 19.9. The number of aliphatic hydroxyl groups excluding tert-OH is 2. The highest BCUT2D eigenvalue weighted by molar-refractivity contribution is 5.66. The van der Waals surface area contributed by atoms with Gasteiger partial charge < -0.3 is 43.4 Å². The summed E-state index contributed by atoms with van der Waals surface area (Å²) in [7, 11) is 2.82. The van der Waals surface area contributed by atoms with Crippen LogP contribution in [0.15, 0.2) is 0 Å². The van der Waals surface area contributed by atoms with Gasteiger partial charge in [0.15, 0.2) is 24.5 Å². The lowest BCUT2D eigenvalue weighted by Gasteiger charge is -2.44. The van der Waals surface area contributed by atoms with E-state index in [1.165, 1.54) is 21.1 Å². The minimum absolute atomic E-state index is 0.522. The Balaban J connectivity index is 1.85. The summed E-state index contributed by atoms with van der Waals surface area (Å²) in [6.45, 7) is 4.72. The van der Waals surface area contributed by atoms with Crippen molar-refractivity contribution in [2.75, 3.05) is 14.2 Å². The summed E-state index contributed by atoms with van der Waals surface area (Å²) in [6.07, 6.45) is -8.70. The molecule has 2 N–H and O–H groups in total. The fraction of sp³-hybridized carbons (Fsp3) is 0.938. The molecule has 0 amide bonds. The second kappa shape index (κ2) is 7.28. The number of carbonyl (C=O) groups is 1. The van der Waals surface area contributed by atoms with Crippen molar-refractivity contribution in [2.45, 2.75) is 81.9 Å². The van der Waals surface area contributed by atoms with Crippen LogP contribution in [0, 0.1) is 0 Å². The van der Waals surface area contributed by atoms with Crippen LogP contribution in [0.25, 0.3) is 0 Å². The van der Waals surface area contributed by atoms with Gasteiger partial charge in [-0.05, 0) is 13.8 Å². The van der Waals surface area contributed by atoms with Gasteiger partial charge in [-0.15, -0.1) is 0 Å². The number of hydrogen-bond acceptors (Lipinski definition) is 10. The average Bonchev–Trinajstić information content (AvgIpc) is 3.03. The summed E-state index contributed by atoms with van der Waals surface area (Å²) in [6, 6.07) is 0. The Morgan fingerprint density at radius 3 is 2.15 bits per heavy atom. The van der Waals surface area contributed by atoms with E-state index in [2.05, 4.69) is 0 Å². The van der Waals surface area contributed by atoms with Crippen molar-refractivity contribution in [1.82, 2.24) is 0 Å². The molecule has 150 valence electrons. The van der Waals surface area contributed by atoms with Gasteiger partial charge in [0.1, 0.15) is 36.6 Å². The van der Waals surface area contributed by atoms with Crippen LogP contribution >= 0.6 is 0 Å². The zero-order valence-corrected chi connectivity index (χ0v) is 15.4. The third-order valence-corrected chi connectivity index (χ3v) is 4.74. The van der Waals surface area contributed by atoms with E-state index in [1.54, 1.807) is 13.8 Å². The molecule has 0 aromatic heterocycles. The summed E-state index contributed by atoms with van der Waals surface area (Å²) < 4.78 is 39.0. The largest absolute Gasteiger partial charge is 0.457 e. The van der Waals surface area contributed by atoms with Gasteiger partial charge in [-0.2, -0.15) is 0 Å². The van der Waals surface area contributed by atoms with Crippen LogP contribution in [0.5, 0.6) is 0 Å². The SMILES string of the molecule is CO[C@H]1O[C@@H]([C@H]2O[C@@H]3OC(C)(C)O[C@@H]3[C@H]2OC)[C@H](OC(C)=O)[C@@H](O)[C@H]1O. The minimum Gasteiger partial charge on any atom is -0.457 e. The van der Waals surface area contributed by atoms with E-state index in [-0.39, 0.29) is 0 Å². The molecule has 3 heterocycles. The highest BCUT2D eigenvalue weighted by Crippen LogP contribution is 2.42. The maximum atomic E-state index is 11.5. The Bertz CT molecular complexity index is 525. The molecule has 0 aliphatic carbocycles. The Morgan fingerprint density at radius 2 is 1.58 bits per heavy atom. The van der Waals surface area contributed by atoms with Crippen LogP contribution in [-0.4, -0.2) is 91.5 Å². The van der Waals surface area contributed by atoms with Crippen molar-refractivity contribution in [3.63, 3.8) is 0 Å². The summed E-state index contributed by atoms with van der Waals surface area (Å²) in [5.41, 5.74) is 0. The Labute approximate surface area is 151 Å². The molecule has 26 heavy (non-hydrogen) atoms. The number of rotatable bonds is 4. The second-order valence-corrected chi connectivity index (χ2v) is 7.03. The van der Waals surface area contributed by atoms with Crippen LogP contribution in [0.3, 0.4) is 0 Å². The third kappa shape index (κ3) is 3.48. The highest BCUT2D eigenvalue weighted by atomic mass is 16.8. The second-order valence-electron chi connectivity index (χ2n) is 7.03. The molecule has 3 fully saturated rings.